The fourth-order valence-corrected chi connectivity index (χ4v) is 5.18. The zero-order valence-corrected chi connectivity index (χ0v) is 25.2. The molecule has 4 rings (SSSR count). The van der Waals surface area contributed by atoms with Crippen LogP contribution in [0.2, 0.25) is 0 Å². The number of allylic oxidation sites excluding steroid dienone is 2. The van der Waals surface area contributed by atoms with Crippen LogP contribution in [0.4, 0.5) is 0 Å². The zero-order valence-electron chi connectivity index (χ0n) is 22.0. The average molecular weight is 691 g/mol. The molecule has 0 atom stereocenters. The average Bonchev–Trinajstić information content (AvgIpc) is 3.35. The Hall–Kier alpha value is -2.59. The first-order valence-electron chi connectivity index (χ1n) is 12.9. The van der Waals surface area contributed by atoms with Gasteiger partial charge in [0.15, 0.2) is 5.78 Å². The van der Waals surface area contributed by atoms with E-state index in [9.17, 15) is 9.90 Å². The molecule has 0 aliphatic carbocycles. The van der Waals surface area contributed by atoms with Crippen LogP contribution in [0.25, 0.3) is 31.9 Å². The fourth-order valence-electron chi connectivity index (χ4n) is 4.14. The first kappa shape index (κ1) is 30.6. The summed E-state index contributed by atoms with van der Waals surface area (Å²) in [5.74, 6) is 0.547. The number of hydrogen-bond donors (Lipinski definition) is 1. The van der Waals surface area contributed by atoms with E-state index in [1.165, 1.54) is 21.9 Å². The SMILES string of the molecule is CCC(CC)C(=O)/C=C(\O)C(CC)CC.[Ir].[c-]1ccccc1-c1ccc2cc(-c3ccccc3)sc2n1. The van der Waals surface area contributed by atoms with Gasteiger partial charge in [-0.15, -0.1) is 47.2 Å². The minimum atomic E-state index is 0. The van der Waals surface area contributed by atoms with E-state index in [2.05, 4.69) is 48.5 Å². The van der Waals surface area contributed by atoms with Gasteiger partial charge in [0.2, 0.25) is 0 Å². The summed E-state index contributed by atoms with van der Waals surface area (Å²) in [6.07, 6.45) is 4.91. The van der Waals surface area contributed by atoms with E-state index in [0.29, 0.717) is 0 Å². The Morgan fingerprint density at radius 2 is 1.57 bits per heavy atom. The van der Waals surface area contributed by atoms with Crippen LogP contribution in [0.3, 0.4) is 0 Å². The molecule has 5 heteroatoms. The normalized spacial score (nSPS) is 11.2. The Morgan fingerprint density at radius 3 is 2.16 bits per heavy atom. The van der Waals surface area contributed by atoms with Crippen LogP contribution in [0, 0.1) is 17.9 Å². The number of thiophene rings is 1. The standard InChI is InChI=1S/C19H12NS.C13H24O2.Ir/c1-3-7-14(8-4-1)17-12-11-16-13-18(21-19(16)20-17)15-9-5-2-6-10-15;1-5-10(6-2)12(14)9-13(15)11(7-3)8-4;/h1-7,9-13H;9-11,14H,5-8H2,1-4H3;/q-1;;/b;12-9-;. The van der Waals surface area contributed by atoms with Crippen molar-refractivity contribution < 1.29 is 30.0 Å². The Bertz CT molecular complexity index is 1220. The van der Waals surface area contributed by atoms with Gasteiger partial charge in [-0.2, -0.15) is 0 Å². The molecule has 197 valence electrons. The quantitative estimate of drug-likeness (QED) is 0.108. The van der Waals surface area contributed by atoms with Crippen LogP contribution in [0.5, 0.6) is 0 Å². The van der Waals surface area contributed by atoms with Gasteiger partial charge in [0, 0.05) is 48.3 Å². The summed E-state index contributed by atoms with van der Waals surface area (Å²) < 4.78 is 0. The van der Waals surface area contributed by atoms with Crippen molar-refractivity contribution in [2.45, 2.75) is 53.4 Å². The monoisotopic (exact) mass is 691 g/mol. The molecule has 1 N–H and O–H groups in total. The second-order valence-corrected chi connectivity index (χ2v) is 9.87. The predicted molar refractivity (Wildman–Crippen MR) is 153 cm³/mol. The van der Waals surface area contributed by atoms with Gasteiger partial charge >= 0.3 is 0 Å². The van der Waals surface area contributed by atoms with E-state index in [-0.39, 0.29) is 43.5 Å². The van der Waals surface area contributed by atoms with Crippen molar-refractivity contribution in [1.29, 1.82) is 0 Å². The number of carbonyl (C=O) groups is 1. The van der Waals surface area contributed by atoms with Gasteiger partial charge in [-0.3, -0.25) is 9.78 Å². The van der Waals surface area contributed by atoms with Crippen LogP contribution < -0.4 is 0 Å². The zero-order chi connectivity index (χ0) is 25.9. The Labute approximate surface area is 239 Å². The summed E-state index contributed by atoms with van der Waals surface area (Å²) in [7, 11) is 0. The number of rotatable bonds is 9. The molecule has 0 bridgehead atoms. The van der Waals surface area contributed by atoms with Crippen LogP contribution in [0.15, 0.2) is 84.6 Å². The first-order valence-corrected chi connectivity index (χ1v) is 13.7. The Kier molecular flexibility index (Phi) is 12.9. The first-order chi connectivity index (χ1) is 17.5. The number of pyridine rings is 1. The summed E-state index contributed by atoms with van der Waals surface area (Å²) in [5.41, 5.74) is 3.26. The number of hydrogen-bond acceptors (Lipinski definition) is 4. The van der Waals surface area contributed by atoms with Gasteiger partial charge in [-0.25, -0.2) is 0 Å². The molecule has 0 unspecified atom stereocenters. The van der Waals surface area contributed by atoms with Crippen molar-refractivity contribution in [3.63, 3.8) is 0 Å². The molecule has 2 aromatic heterocycles. The molecule has 1 radical (unpaired) electrons. The molecule has 0 amide bonds. The van der Waals surface area contributed by atoms with E-state index in [1.54, 1.807) is 11.3 Å². The van der Waals surface area contributed by atoms with Crippen molar-refractivity contribution in [3.05, 3.63) is 90.7 Å². The predicted octanol–water partition coefficient (Wildman–Crippen LogP) is 9.30. The van der Waals surface area contributed by atoms with Crippen LogP contribution in [-0.2, 0) is 24.9 Å². The molecule has 0 saturated carbocycles. The summed E-state index contributed by atoms with van der Waals surface area (Å²) in [6.45, 7) is 8.07. The molecule has 37 heavy (non-hydrogen) atoms. The van der Waals surface area contributed by atoms with Crippen molar-refractivity contribution in [2.24, 2.45) is 11.8 Å². The second kappa shape index (κ2) is 15.6. The van der Waals surface area contributed by atoms with Crippen LogP contribution in [0.1, 0.15) is 53.4 Å². The summed E-state index contributed by atoms with van der Waals surface area (Å²) in [6, 6.07) is 28.0. The number of aliphatic hydroxyl groups is 1. The summed E-state index contributed by atoms with van der Waals surface area (Å²) in [4.78, 5) is 18.8. The number of nitrogens with zero attached hydrogens (tertiary/aromatic N) is 1. The Morgan fingerprint density at radius 1 is 0.919 bits per heavy atom. The summed E-state index contributed by atoms with van der Waals surface area (Å²) >= 11 is 1.73. The maximum absolute atomic E-state index is 11.7. The van der Waals surface area contributed by atoms with E-state index in [4.69, 9.17) is 4.98 Å². The van der Waals surface area contributed by atoms with Crippen molar-refractivity contribution >= 4 is 27.3 Å². The molecule has 4 aromatic rings. The molecular formula is C32H36IrNO2S-. The third-order valence-corrected chi connectivity index (χ3v) is 7.60. The number of carbonyl (C=O) groups excluding carboxylic acids is 1. The van der Waals surface area contributed by atoms with E-state index in [1.807, 2.05) is 58.0 Å². The smallest absolute Gasteiger partial charge is 0.162 e. The van der Waals surface area contributed by atoms with Gasteiger partial charge in [-0.1, -0.05) is 70.2 Å². The molecule has 0 fully saturated rings. The van der Waals surface area contributed by atoms with Gasteiger partial charge in [0.1, 0.15) is 4.83 Å². The molecule has 2 aromatic carbocycles. The third kappa shape index (κ3) is 8.46. The number of aliphatic hydroxyl groups excluding tert-OH is 1. The molecule has 0 spiro atoms. The van der Waals surface area contributed by atoms with Crippen LogP contribution in [-0.4, -0.2) is 15.9 Å². The summed E-state index contributed by atoms with van der Waals surface area (Å²) in [5, 5.41) is 11.0. The van der Waals surface area contributed by atoms with Gasteiger partial charge in [0.25, 0.3) is 0 Å². The van der Waals surface area contributed by atoms with Gasteiger partial charge in [-0.05, 0) is 43.0 Å². The topological polar surface area (TPSA) is 50.2 Å². The number of fused-ring (bicyclic) bond motifs is 1. The number of aromatic nitrogens is 1. The Balaban J connectivity index is 0.000000271. The maximum atomic E-state index is 11.7. The molecular weight excluding hydrogens is 655 g/mol. The fraction of sp³-hybridized carbons (Fsp3) is 0.312. The largest absolute Gasteiger partial charge is 0.512 e. The number of benzene rings is 2. The van der Waals surface area contributed by atoms with Gasteiger partial charge in [0.05, 0.1) is 5.76 Å². The van der Waals surface area contributed by atoms with Crippen molar-refractivity contribution in [2.75, 3.05) is 0 Å². The van der Waals surface area contributed by atoms with E-state index in [0.717, 1.165) is 41.8 Å². The van der Waals surface area contributed by atoms with Crippen LogP contribution >= 0.6 is 11.3 Å². The van der Waals surface area contributed by atoms with Crippen molar-refractivity contribution in [3.8, 4) is 21.7 Å². The second-order valence-electron chi connectivity index (χ2n) is 8.84. The molecule has 2 heterocycles. The van der Waals surface area contributed by atoms with Gasteiger partial charge < -0.3 is 5.11 Å². The maximum Gasteiger partial charge on any atom is 0.162 e. The van der Waals surface area contributed by atoms with E-state index < -0.39 is 0 Å². The number of ketones is 1. The molecule has 3 nitrogen and oxygen atoms in total. The third-order valence-electron chi connectivity index (χ3n) is 6.51. The molecule has 0 aliphatic heterocycles. The minimum absolute atomic E-state index is 0. The molecule has 0 saturated heterocycles. The molecule has 0 aliphatic rings. The van der Waals surface area contributed by atoms with Crippen molar-refractivity contribution in [1.82, 2.24) is 4.98 Å². The minimum Gasteiger partial charge on any atom is -0.512 e. The van der Waals surface area contributed by atoms with E-state index >= 15 is 0 Å².